The highest BCUT2D eigenvalue weighted by Crippen LogP contribution is 2.29. The zero-order valence-corrected chi connectivity index (χ0v) is 18.3. The lowest BCUT2D eigenvalue weighted by Crippen LogP contribution is -2.13. The number of hydrogen-bond acceptors (Lipinski definition) is 6. The summed E-state index contributed by atoms with van der Waals surface area (Å²) < 4.78 is 25.1. The molecular weight excluding hydrogens is 420 g/mol. The molecule has 1 aromatic carbocycles. The van der Waals surface area contributed by atoms with Crippen molar-refractivity contribution in [3.63, 3.8) is 0 Å². The van der Waals surface area contributed by atoms with Gasteiger partial charge in [0.2, 0.25) is 0 Å². The number of carbonyl (C=O) groups is 1. The summed E-state index contributed by atoms with van der Waals surface area (Å²) in [5.74, 6) is -0.310. The second kappa shape index (κ2) is 7.66. The fourth-order valence-electron chi connectivity index (χ4n) is 3.12. The molecule has 7 nitrogen and oxygen atoms in total. The Kier molecular flexibility index (Phi) is 5.17. The van der Waals surface area contributed by atoms with Crippen molar-refractivity contribution >= 4 is 43.8 Å². The molecule has 1 amide bonds. The van der Waals surface area contributed by atoms with Gasteiger partial charge in [0.25, 0.3) is 5.91 Å². The fourth-order valence-corrected chi connectivity index (χ4v) is 4.43. The molecule has 0 spiro atoms. The number of benzene rings is 1. The number of fused-ring (bicyclic) bond motifs is 1. The lowest BCUT2D eigenvalue weighted by Gasteiger charge is -2.11. The number of nitrogens with one attached hydrogen (secondary N) is 1. The first kappa shape index (κ1) is 20.2. The van der Waals surface area contributed by atoms with E-state index in [9.17, 15) is 13.2 Å². The zero-order valence-electron chi connectivity index (χ0n) is 16.7. The molecule has 0 bridgehead atoms. The van der Waals surface area contributed by atoms with Crippen LogP contribution in [0.15, 0.2) is 58.9 Å². The molecule has 3 heterocycles. The molecule has 0 atom stereocenters. The van der Waals surface area contributed by atoms with Crippen molar-refractivity contribution in [2.24, 2.45) is 0 Å². The minimum Gasteiger partial charge on any atom is -0.322 e. The second-order valence-electron chi connectivity index (χ2n) is 7.20. The third-order valence-corrected chi connectivity index (χ3v) is 6.64. The number of rotatable bonds is 5. The summed E-state index contributed by atoms with van der Waals surface area (Å²) in [6.45, 7) is 4.02. The molecule has 9 heteroatoms. The number of anilines is 1. The molecule has 0 aliphatic heterocycles. The Morgan fingerprint density at radius 3 is 2.50 bits per heavy atom. The van der Waals surface area contributed by atoms with Crippen LogP contribution < -0.4 is 5.32 Å². The highest BCUT2D eigenvalue weighted by Gasteiger charge is 2.19. The van der Waals surface area contributed by atoms with Gasteiger partial charge < -0.3 is 5.32 Å². The van der Waals surface area contributed by atoms with Gasteiger partial charge in [-0.2, -0.15) is 5.10 Å². The summed E-state index contributed by atoms with van der Waals surface area (Å²) in [5, 5.41) is 9.89. The molecule has 4 aromatic rings. The predicted octanol–water partition coefficient (Wildman–Crippen LogP) is 4.40. The summed E-state index contributed by atoms with van der Waals surface area (Å²) in [6, 6.07) is 11.8. The zero-order chi connectivity index (χ0) is 21.5. The first-order valence-corrected chi connectivity index (χ1v) is 12.0. The van der Waals surface area contributed by atoms with Gasteiger partial charge in [-0.15, -0.1) is 11.3 Å². The minimum atomic E-state index is -3.30. The molecule has 154 valence electrons. The van der Waals surface area contributed by atoms with Crippen molar-refractivity contribution in [1.82, 2.24) is 14.8 Å². The maximum atomic E-state index is 13.1. The molecule has 0 aliphatic rings. The maximum Gasteiger partial charge on any atom is 0.256 e. The van der Waals surface area contributed by atoms with Gasteiger partial charge in [0.15, 0.2) is 15.5 Å². The molecule has 3 aromatic heterocycles. The van der Waals surface area contributed by atoms with Crippen LogP contribution in [0.25, 0.3) is 21.6 Å². The van der Waals surface area contributed by atoms with Gasteiger partial charge in [-0.1, -0.05) is 6.07 Å². The van der Waals surface area contributed by atoms with Crippen molar-refractivity contribution in [2.45, 2.75) is 24.8 Å². The van der Waals surface area contributed by atoms with E-state index in [2.05, 4.69) is 10.4 Å². The van der Waals surface area contributed by atoms with Gasteiger partial charge in [-0.25, -0.2) is 18.1 Å². The van der Waals surface area contributed by atoms with E-state index in [1.54, 1.807) is 40.4 Å². The number of amides is 1. The van der Waals surface area contributed by atoms with E-state index < -0.39 is 9.84 Å². The molecule has 0 fully saturated rings. The van der Waals surface area contributed by atoms with Crippen LogP contribution in [0.4, 0.5) is 5.69 Å². The number of thiophene rings is 1. The van der Waals surface area contributed by atoms with E-state index in [1.165, 1.54) is 12.1 Å². The number of hydrogen-bond donors (Lipinski definition) is 1. The number of pyridine rings is 1. The van der Waals surface area contributed by atoms with E-state index in [1.807, 2.05) is 31.4 Å². The monoisotopic (exact) mass is 440 g/mol. The van der Waals surface area contributed by atoms with Gasteiger partial charge in [0, 0.05) is 18.0 Å². The van der Waals surface area contributed by atoms with E-state index in [0.29, 0.717) is 28.0 Å². The smallest absolute Gasteiger partial charge is 0.256 e. The minimum absolute atomic E-state index is 0.0908. The fraction of sp³-hybridized carbons (Fsp3) is 0.190. The third kappa shape index (κ3) is 3.86. The van der Waals surface area contributed by atoms with E-state index in [0.717, 1.165) is 11.1 Å². The van der Waals surface area contributed by atoms with Gasteiger partial charge in [0.05, 0.1) is 32.6 Å². The van der Waals surface area contributed by atoms with E-state index in [4.69, 9.17) is 4.98 Å². The van der Waals surface area contributed by atoms with Crippen molar-refractivity contribution < 1.29 is 13.2 Å². The second-order valence-corrected chi connectivity index (χ2v) is 10.2. The Morgan fingerprint density at radius 1 is 1.17 bits per heavy atom. The third-order valence-electron chi connectivity index (χ3n) is 4.61. The Hall–Kier alpha value is -3.04. The number of aromatic nitrogens is 3. The Bertz CT molecular complexity index is 1320. The SMILES string of the molecule is CC(C)n1ncc2c(C(=O)Nc3ccc(S(C)(=O)=O)cc3)cc(-c3cccs3)nc21. The van der Waals surface area contributed by atoms with Crippen LogP contribution in [0, 0.1) is 0 Å². The van der Waals surface area contributed by atoms with Gasteiger partial charge >= 0.3 is 0 Å². The quantitative estimate of drug-likeness (QED) is 0.496. The molecule has 0 radical (unpaired) electrons. The predicted molar refractivity (Wildman–Crippen MR) is 119 cm³/mol. The van der Waals surface area contributed by atoms with Crippen molar-refractivity contribution in [3.8, 4) is 10.6 Å². The summed E-state index contributed by atoms with van der Waals surface area (Å²) in [7, 11) is -3.30. The van der Waals surface area contributed by atoms with Gasteiger partial charge in [-0.05, 0) is 55.6 Å². The van der Waals surface area contributed by atoms with Crippen LogP contribution in [0.5, 0.6) is 0 Å². The summed E-state index contributed by atoms with van der Waals surface area (Å²) >= 11 is 1.55. The summed E-state index contributed by atoms with van der Waals surface area (Å²) in [5.41, 5.74) is 2.32. The van der Waals surface area contributed by atoms with Crippen LogP contribution in [-0.4, -0.2) is 35.3 Å². The van der Waals surface area contributed by atoms with Crippen LogP contribution in [0.3, 0.4) is 0 Å². The number of sulfone groups is 1. The largest absolute Gasteiger partial charge is 0.322 e. The van der Waals surface area contributed by atoms with Crippen LogP contribution in [0.2, 0.25) is 0 Å². The Morgan fingerprint density at radius 2 is 1.90 bits per heavy atom. The Balaban J connectivity index is 1.76. The van der Waals surface area contributed by atoms with Crippen molar-refractivity contribution in [1.29, 1.82) is 0 Å². The summed E-state index contributed by atoms with van der Waals surface area (Å²) in [4.78, 5) is 19.0. The first-order chi connectivity index (χ1) is 14.2. The van der Waals surface area contributed by atoms with Crippen molar-refractivity contribution in [3.05, 3.63) is 59.6 Å². The number of carbonyl (C=O) groups excluding carboxylic acids is 1. The van der Waals surface area contributed by atoms with Gasteiger partial charge in [-0.3, -0.25) is 4.79 Å². The molecular formula is C21H20N4O3S2. The van der Waals surface area contributed by atoms with E-state index >= 15 is 0 Å². The standard InChI is InChI=1S/C21H20N4O3S2/c1-13(2)25-20-17(12-22-25)16(11-18(24-20)19-5-4-10-29-19)21(26)23-14-6-8-15(9-7-14)30(3,27)28/h4-13H,1-3H3,(H,23,26). The van der Waals surface area contributed by atoms with Crippen LogP contribution >= 0.6 is 11.3 Å². The molecule has 4 rings (SSSR count). The molecule has 0 unspecified atom stereocenters. The van der Waals surface area contributed by atoms with E-state index in [-0.39, 0.29) is 16.8 Å². The molecule has 1 N–H and O–H groups in total. The van der Waals surface area contributed by atoms with Crippen LogP contribution in [0.1, 0.15) is 30.2 Å². The molecule has 30 heavy (non-hydrogen) atoms. The number of nitrogens with zero attached hydrogens (tertiary/aromatic N) is 3. The average molecular weight is 441 g/mol. The normalized spacial score (nSPS) is 11.9. The Labute approximate surface area is 178 Å². The molecule has 0 saturated heterocycles. The highest BCUT2D eigenvalue weighted by atomic mass is 32.2. The molecule has 0 saturated carbocycles. The lowest BCUT2D eigenvalue weighted by molar-refractivity contribution is 0.102. The maximum absolute atomic E-state index is 13.1. The van der Waals surface area contributed by atoms with Crippen molar-refractivity contribution in [2.75, 3.05) is 11.6 Å². The van der Waals surface area contributed by atoms with Gasteiger partial charge in [0.1, 0.15) is 0 Å². The summed E-state index contributed by atoms with van der Waals surface area (Å²) in [6.07, 6.45) is 2.80. The first-order valence-electron chi connectivity index (χ1n) is 9.27. The topological polar surface area (TPSA) is 94.0 Å². The molecule has 0 aliphatic carbocycles. The lowest BCUT2D eigenvalue weighted by atomic mass is 10.1. The highest BCUT2D eigenvalue weighted by molar-refractivity contribution is 7.90. The average Bonchev–Trinajstić information content (AvgIpc) is 3.36. The van der Waals surface area contributed by atoms with Crippen LogP contribution in [-0.2, 0) is 9.84 Å².